The fourth-order valence-electron chi connectivity index (χ4n) is 6.54. The molecule has 0 saturated heterocycles. The topological polar surface area (TPSA) is 95.9 Å². The molecule has 0 heterocycles. The Labute approximate surface area is 351 Å². The number of esters is 1. The SMILES string of the molecule is CC/C=C/C=C/C=C/CCCCCCCCCC(=O)OC(CCC/C=C/C/C=C/C/C=C/C/C=C/CC)CC(=O)NC(CO)C(O)CCCCCCCCCCC. The Morgan fingerprint density at radius 1 is 0.544 bits per heavy atom. The van der Waals surface area contributed by atoms with Crippen LogP contribution in [0.5, 0.6) is 0 Å². The van der Waals surface area contributed by atoms with Crippen LogP contribution in [0.2, 0.25) is 0 Å². The molecule has 6 nitrogen and oxygen atoms in total. The van der Waals surface area contributed by atoms with Gasteiger partial charge in [0, 0.05) is 6.42 Å². The van der Waals surface area contributed by atoms with E-state index in [4.69, 9.17) is 4.74 Å². The van der Waals surface area contributed by atoms with E-state index in [-0.39, 0.29) is 24.9 Å². The van der Waals surface area contributed by atoms with Gasteiger partial charge in [-0.2, -0.15) is 0 Å². The predicted octanol–water partition coefficient (Wildman–Crippen LogP) is 13.6. The summed E-state index contributed by atoms with van der Waals surface area (Å²) in [5.74, 6) is -0.552. The molecule has 0 rings (SSSR count). The van der Waals surface area contributed by atoms with Crippen molar-refractivity contribution in [1.82, 2.24) is 5.32 Å². The van der Waals surface area contributed by atoms with Gasteiger partial charge in [-0.05, 0) is 77.0 Å². The molecule has 3 unspecified atom stereocenters. The van der Waals surface area contributed by atoms with E-state index in [0.717, 1.165) is 89.9 Å². The second-order valence-electron chi connectivity index (χ2n) is 15.5. The Hall–Kier alpha value is -2.96. The van der Waals surface area contributed by atoms with Gasteiger partial charge in [-0.3, -0.25) is 9.59 Å². The second-order valence-corrected chi connectivity index (χ2v) is 15.5. The number of hydrogen-bond acceptors (Lipinski definition) is 5. The normalized spacial score (nSPS) is 14.1. The second kappa shape index (κ2) is 44.1. The number of aliphatic hydroxyl groups excluding tert-OH is 2. The van der Waals surface area contributed by atoms with Gasteiger partial charge in [0.25, 0.3) is 0 Å². The summed E-state index contributed by atoms with van der Waals surface area (Å²) in [5.41, 5.74) is 0. The Morgan fingerprint density at radius 3 is 1.65 bits per heavy atom. The van der Waals surface area contributed by atoms with Gasteiger partial charge in [-0.1, -0.05) is 196 Å². The number of nitrogens with one attached hydrogen (secondary N) is 1. The molecule has 3 atom stereocenters. The van der Waals surface area contributed by atoms with Crippen LogP contribution in [-0.4, -0.2) is 46.9 Å². The average molecular weight is 794 g/mol. The first-order chi connectivity index (χ1) is 28.0. The third-order valence-electron chi connectivity index (χ3n) is 10.0. The number of ether oxygens (including phenoxy) is 1. The minimum Gasteiger partial charge on any atom is -0.462 e. The third-order valence-corrected chi connectivity index (χ3v) is 10.0. The van der Waals surface area contributed by atoms with E-state index in [2.05, 4.69) is 111 Å². The lowest BCUT2D eigenvalue weighted by atomic mass is 10.0. The molecule has 0 aromatic rings. The van der Waals surface area contributed by atoms with Crippen LogP contribution in [-0.2, 0) is 14.3 Å². The van der Waals surface area contributed by atoms with Gasteiger partial charge >= 0.3 is 5.97 Å². The molecule has 326 valence electrons. The zero-order valence-electron chi connectivity index (χ0n) is 36.9. The Balaban J connectivity index is 4.72. The first-order valence-corrected chi connectivity index (χ1v) is 23.3. The monoisotopic (exact) mass is 794 g/mol. The van der Waals surface area contributed by atoms with Crippen LogP contribution < -0.4 is 5.32 Å². The number of hydrogen-bond donors (Lipinski definition) is 3. The number of aliphatic hydroxyl groups is 2. The zero-order chi connectivity index (χ0) is 41.7. The third kappa shape index (κ3) is 39.6. The molecule has 0 aliphatic heterocycles. The molecule has 3 N–H and O–H groups in total. The number of unbranched alkanes of at least 4 members (excludes halogenated alkanes) is 16. The molecule has 0 aromatic heterocycles. The quantitative estimate of drug-likeness (QED) is 0.0248. The van der Waals surface area contributed by atoms with Gasteiger partial charge in [-0.15, -0.1) is 0 Å². The molecule has 6 heteroatoms. The molecule has 57 heavy (non-hydrogen) atoms. The van der Waals surface area contributed by atoms with E-state index in [1.807, 2.05) is 0 Å². The van der Waals surface area contributed by atoms with Crippen molar-refractivity contribution in [3.63, 3.8) is 0 Å². The molecule has 0 fully saturated rings. The van der Waals surface area contributed by atoms with Crippen LogP contribution in [0.4, 0.5) is 0 Å². The molecule has 0 radical (unpaired) electrons. The Bertz CT molecular complexity index is 1120. The van der Waals surface area contributed by atoms with Gasteiger partial charge < -0.3 is 20.3 Å². The van der Waals surface area contributed by atoms with Gasteiger partial charge in [0.1, 0.15) is 6.10 Å². The van der Waals surface area contributed by atoms with Crippen LogP contribution in [0.25, 0.3) is 0 Å². The highest BCUT2D eigenvalue weighted by atomic mass is 16.5. The van der Waals surface area contributed by atoms with Crippen LogP contribution in [0.3, 0.4) is 0 Å². The lowest BCUT2D eigenvalue weighted by Gasteiger charge is -2.24. The number of carbonyl (C=O) groups is 2. The van der Waals surface area contributed by atoms with Crippen LogP contribution in [0.15, 0.2) is 85.1 Å². The fraction of sp³-hybridized carbons (Fsp3) is 0.686. The highest BCUT2D eigenvalue weighted by molar-refractivity contribution is 5.77. The van der Waals surface area contributed by atoms with Crippen molar-refractivity contribution in [1.29, 1.82) is 0 Å². The molecular formula is C51H87NO5. The van der Waals surface area contributed by atoms with Gasteiger partial charge in [0.15, 0.2) is 0 Å². The summed E-state index contributed by atoms with van der Waals surface area (Å²) in [6.07, 6.45) is 56.5. The number of carbonyl (C=O) groups excluding carboxylic acids is 2. The lowest BCUT2D eigenvalue weighted by Crippen LogP contribution is -2.46. The summed E-state index contributed by atoms with van der Waals surface area (Å²) < 4.78 is 5.88. The standard InChI is InChI=1S/C51H87NO5/c1-4-7-10-13-16-19-21-23-25-27-29-32-35-38-41-44-51(56)57-47(42-39-36-33-31-28-26-24-22-20-17-14-11-8-5-2)45-50(55)52-48(46-53)49(54)43-40-37-34-30-18-15-12-9-6-3/h7-8,10-11,13,16-17,19-21,24,26,31,33,47-49,53-54H,4-6,9,12,14-15,18,22-23,25,27-30,32,34-46H2,1-3H3,(H,52,55)/b10-7+,11-8+,16-13+,20-17+,21-19+,26-24+,33-31+. The first-order valence-electron chi connectivity index (χ1n) is 23.3. The van der Waals surface area contributed by atoms with Crippen LogP contribution in [0, 0.1) is 0 Å². The maximum absolute atomic E-state index is 13.1. The highest BCUT2D eigenvalue weighted by Gasteiger charge is 2.24. The maximum atomic E-state index is 13.1. The summed E-state index contributed by atoms with van der Waals surface area (Å²) in [6.45, 7) is 6.18. The molecular weight excluding hydrogens is 707 g/mol. The Morgan fingerprint density at radius 2 is 1.05 bits per heavy atom. The summed E-state index contributed by atoms with van der Waals surface area (Å²) in [4.78, 5) is 26.0. The Kier molecular flexibility index (Phi) is 41.9. The minimum absolute atomic E-state index is 0.0303. The summed E-state index contributed by atoms with van der Waals surface area (Å²) in [7, 11) is 0. The largest absolute Gasteiger partial charge is 0.462 e. The highest BCUT2D eigenvalue weighted by Crippen LogP contribution is 2.16. The van der Waals surface area contributed by atoms with Crippen molar-refractivity contribution in [3.8, 4) is 0 Å². The molecule has 0 aliphatic rings. The summed E-state index contributed by atoms with van der Waals surface area (Å²) in [6, 6.07) is -0.723. The lowest BCUT2D eigenvalue weighted by molar-refractivity contribution is -0.151. The molecule has 0 aliphatic carbocycles. The average Bonchev–Trinajstić information content (AvgIpc) is 3.20. The van der Waals surface area contributed by atoms with Crippen molar-refractivity contribution >= 4 is 11.9 Å². The molecule has 1 amide bonds. The first kappa shape index (κ1) is 54.0. The van der Waals surface area contributed by atoms with E-state index in [1.54, 1.807) is 0 Å². The minimum atomic E-state index is -0.806. The summed E-state index contributed by atoms with van der Waals surface area (Å²) in [5, 5.41) is 23.6. The number of rotatable bonds is 40. The molecule has 0 spiro atoms. The van der Waals surface area contributed by atoms with Crippen molar-refractivity contribution in [2.75, 3.05) is 6.61 Å². The zero-order valence-corrected chi connectivity index (χ0v) is 36.9. The fourth-order valence-corrected chi connectivity index (χ4v) is 6.54. The number of allylic oxidation sites excluding steroid dienone is 14. The number of amides is 1. The van der Waals surface area contributed by atoms with Gasteiger partial charge in [0.05, 0.1) is 25.2 Å². The van der Waals surface area contributed by atoms with E-state index < -0.39 is 18.2 Å². The molecule has 0 bridgehead atoms. The van der Waals surface area contributed by atoms with Crippen LogP contribution in [0.1, 0.15) is 201 Å². The summed E-state index contributed by atoms with van der Waals surface area (Å²) >= 11 is 0. The maximum Gasteiger partial charge on any atom is 0.306 e. The van der Waals surface area contributed by atoms with Gasteiger partial charge in [-0.25, -0.2) is 0 Å². The van der Waals surface area contributed by atoms with Crippen molar-refractivity contribution in [3.05, 3.63) is 85.1 Å². The van der Waals surface area contributed by atoms with E-state index in [9.17, 15) is 19.8 Å². The van der Waals surface area contributed by atoms with Crippen molar-refractivity contribution in [2.24, 2.45) is 0 Å². The smallest absolute Gasteiger partial charge is 0.306 e. The van der Waals surface area contributed by atoms with E-state index in [1.165, 1.54) is 64.2 Å². The van der Waals surface area contributed by atoms with Crippen molar-refractivity contribution < 1.29 is 24.5 Å². The van der Waals surface area contributed by atoms with Gasteiger partial charge in [0.2, 0.25) is 5.91 Å². The van der Waals surface area contributed by atoms with E-state index >= 15 is 0 Å². The predicted molar refractivity (Wildman–Crippen MR) is 245 cm³/mol. The molecule has 0 saturated carbocycles. The van der Waals surface area contributed by atoms with Crippen molar-refractivity contribution in [2.45, 2.75) is 219 Å². The molecule has 0 aromatic carbocycles. The van der Waals surface area contributed by atoms with Crippen LogP contribution >= 0.6 is 0 Å². The van der Waals surface area contributed by atoms with E-state index in [0.29, 0.717) is 19.3 Å².